The number of rotatable bonds is 8. The van der Waals surface area contributed by atoms with Crippen LogP contribution in [0, 0.1) is 11.8 Å². The Hall–Kier alpha value is -3.71. The Labute approximate surface area is 198 Å². The van der Waals surface area contributed by atoms with Crippen molar-refractivity contribution in [2.24, 2.45) is 5.73 Å². The largest absolute Gasteiger partial charge is 0.339 e. The van der Waals surface area contributed by atoms with E-state index in [1.165, 1.54) is 18.3 Å². The second-order valence-electron chi connectivity index (χ2n) is 8.05. The molecular weight excluding hydrogens is 434 g/mol. The summed E-state index contributed by atoms with van der Waals surface area (Å²) in [4.78, 5) is 35.8. The van der Waals surface area contributed by atoms with Gasteiger partial charge in [0, 0.05) is 35.0 Å². The highest BCUT2D eigenvalue weighted by Gasteiger charge is 2.19. The molecule has 9 heteroatoms. The summed E-state index contributed by atoms with van der Waals surface area (Å²) in [5.74, 6) is 4.72. The molecule has 34 heavy (non-hydrogen) atoms. The minimum absolute atomic E-state index is 0.0652. The standard InChI is InChI=1S/C25H29N5O4/c26-15-22(25(33)30-34)29-24(32)19-11-7-17(8-12-19)5-6-18-9-13-21(14-10-18)28-23(31)16-27-20-3-1-2-4-20/h7-14,20,22,27,34H,1-4,15-16,26H2,(H,28,31)(H,29,32)(H,30,33)/t22-/m0/s1. The number of hydroxylamine groups is 1. The fourth-order valence-electron chi connectivity index (χ4n) is 3.61. The van der Waals surface area contributed by atoms with Gasteiger partial charge in [0.05, 0.1) is 6.54 Å². The molecule has 0 saturated heterocycles. The summed E-state index contributed by atoms with van der Waals surface area (Å²) >= 11 is 0. The molecular formula is C25H29N5O4. The number of carbonyl (C=O) groups excluding carboxylic acids is 3. The average Bonchev–Trinajstić information content (AvgIpc) is 3.39. The number of anilines is 1. The molecule has 0 aromatic heterocycles. The van der Waals surface area contributed by atoms with Gasteiger partial charge < -0.3 is 21.7 Å². The third kappa shape index (κ3) is 7.42. The van der Waals surface area contributed by atoms with Crippen LogP contribution >= 0.6 is 0 Å². The van der Waals surface area contributed by atoms with Crippen LogP contribution in [0.4, 0.5) is 5.69 Å². The van der Waals surface area contributed by atoms with Crippen molar-refractivity contribution in [1.82, 2.24) is 16.1 Å². The maximum atomic E-state index is 12.2. The third-order valence-corrected chi connectivity index (χ3v) is 5.54. The molecule has 1 fully saturated rings. The van der Waals surface area contributed by atoms with E-state index in [0.29, 0.717) is 29.4 Å². The molecule has 1 saturated carbocycles. The molecule has 178 valence electrons. The fourth-order valence-corrected chi connectivity index (χ4v) is 3.61. The van der Waals surface area contributed by atoms with Crippen molar-refractivity contribution >= 4 is 23.4 Å². The van der Waals surface area contributed by atoms with E-state index in [1.54, 1.807) is 36.4 Å². The van der Waals surface area contributed by atoms with Gasteiger partial charge in [-0.2, -0.15) is 0 Å². The Morgan fingerprint density at radius 1 is 0.971 bits per heavy atom. The van der Waals surface area contributed by atoms with Gasteiger partial charge in [0.15, 0.2) is 0 Å². The number of hydrogen-bond acceptors (Lipinski definition) is 6. The molecule has 0 bridgehead atoms. The number of carbonyl (C=O) groups is 3. The molecule has 3 amide bonds. The van der Waals surface area contributed by atoms with Gasteiger partial charge in [-0.1, -0.05) is 24.7 Å². The highest BCUT2D eigenvalue weighted by Crippen LogP contribution is 2.17. The highest BCUT2D eigenvalue weighted by molar-refractivity contribution is 5.97. The zero-order valence-electron chi connectivity index (χ0n) is 18.8. The van der Waals surface area contributed by atoms with Crippen LogP contribution in [0.2, 0.25) is 0 Å². The van der Waals surface area contributed by atoms with Crippen molar-refractivity contribution in [3.8, 4) is 11.8 Å². The molecule has 0 radical (unpaired) electrons. The third-order valence-electron chi connectivity index (χ3n) is 5.54. The Morgan fingerprint density at radius 3 is 2.12 bits per heavy atom. The number of nitrogens with one attached hydrogen (secondary N) is 4. The van der Waals surface area contributed by atoms with Crippen LogP contribution in [0.15, 0.2) is 48.5 Å². The smallest absolute Gasteiger partial charge is 0.267 e. The van der Waals surface area contributed by atoms with Crippen LogP contribution < -0.4 is 27.2 Å². The van der Waals surface area contributed by atoms with Crippen molar-refractivity contribution in [3.63, 3.8) is 0 Å². The second-order valence-corrected chi connectivity index (χ2v) is 8.05. The van der Waals surface area contributed by atoms with Gasteiger partial charge >= 0.3 is 0 Å². The van der Waals surface area contributed by atoms with Crippen LogP contribution in [-0.4, -0.2) is 48.1 Å². The second kappa shape index (κ2) is 12.5. The van der Waals surface area contributed by atoms with E-state index in [-0.39, 0.29) is 12.5 Å². The summed E-state index contributed by atoms with van der Waals surface area (Å²) in [5, 5.41) is 17.3. The number of nitrogens with two attached hydrogens (primary N) is 1. The Balaban J connectivity index is 1.51. The number of amides is 3. The van der Waals surface area contributed by atoms with Crippen LogP contribution in [0.3, 0.4) is 0 Å². The molecule has 0 unspecified atom stereocenters. The summed E-state index contributed by atoms with van der Waals surface area (Å²) in [6, 6.07) is 13.2. The van der Waals surface area contributed by atoms with Gasteiger partial charge in [-0.3, -0.25) is 19.6 Å². The first kappa shape index (κ1) is 24.9. The summed E-state index contributed by atoms with van der Waals surface area (Å²) < 4.78 is 0. The molecule has 7 N–H and O–H groups in total. The van der Waals surface area contributed by atoms with Crippen molar-refractivity contribution < 1.29 is 19.6 Å². The van der Waals surface area contributed by atoms with Gasteiger partial charge in [-0.25, -0.2) is 5.48 Å². The molecule has 2 aromatic rings. The zero-order valence-corrected chi connectivity index (χ0v) is 18.8. The van der Waals surface area contributed by atoms with E-state index in [4.69, 9.17) is 10.9 Å². The quantitative estimate of drug-likeness (QED) is 0.197. The van der Waals surface area contributed by atoms with E-state index in [1.807, 2.05) is 12.1 Å². The molecule has 1 atom stereocenters. The first-order valence-corrected chi connectivity index (χ1v) is 11.2. The summed E-state index contributed by atoms with van der Waals surface area (Å²) in [7, 11) is 0. The van der Waals surface area contributed by atoms with Crippen LogP contribution in [0.1, 0.15) is 47.2 Å². The predicted molar refractivity (Wildman–Crippen MR) is 128 cm³/mol. The first-order chi connectivity index (χ1) is 16.5. The lowest BCUT2D eigenvalue weighted by Crippen LogP contribution is -2.50. The lowest BCUT2D eigenvalue weighted by Gasteiger charge is -2.14. The van der Waals surface area contributed by atoms with E-state index in [9.17, 15) is 14.4 Å². The van der Waals surface area contributed by atoms with Gasteiger partial charge in [0.25, 0.3) is 11.8 Å². The zero-order chi connectivity index (χ0) is 24.3. The monoisotopic (exact) mass is 463 g/mol. The molecule has 3 rings (SSSR count). The van der Waals surface area contributed by atoms with Crippen molar-refractivity contribution in [3.05, 3.63) is 65.2 Å². The molecule has 0 spiro atoms. The van der Waals surface area contributed by atoms with Gasteiger partial charge in [-0.05, 0) is 61.4 Å². The average molecular weight is 464 g/mol. The predicted octanol–water partition coefficient (Wildman–Crippen LogP) is 1.12. The normalized spacial score (nSPS) is 13.9. The molecule has 1 aliphatic carbocycles. The van der Waals surface area contributed by atoms with Gasteiger partial charge in [0.2, 0.25) is 5.91 Å². The van der Waals surface area contributed by atoms with Crippen LogP contribution in [-0.2, 0) is 9.59 Å². The number of benzene rings is 2. The minimum Gasteiger partial charge on any atom is -0.339 e. The van der Waals surface area contributed by atoms with Crippen LogP contribution in [0.25, 0.3) is 0 Å². The lowest BCUT2D eigenvalue weighted by molar-refractivity contribution is -0.130. The Morgan fingerprint density at radius 2 is 1.56 bits per heavy atom. The minimum atomic E-state index is -1.03. The molecule has 0 aliphatic heterocycles. The summed E-state index contributed by atoms with van der Waals surface area (Å²) in [6.45, 7) is 0.156. The van der Waals surface area contributed by atoms with E-state index in [0.717, 1.165) is 18.4 Å². The maximum absolute atomic E-state index is 12.2. The molecule has 1 aliphatic rings. The van der Waals surface area contributed by atoms with Crippen molar-refractivity contribution in [2.45, 2.75) is 37.8 Å². The fraction of sp³-hybridized carbons (Fsp3) is 0.320. The van der Waals surface area contributed by atoms with Gasteiger partial charge in [0.1, 0.15) is 6.04 Å². The highest BCUT2D eigenvalue weighted by atomic mass is 16.5. The van der Waals surface area contributed by atoms with Crippen molar-refractivity contribution in [2.75, 3.05) is 18.4 Å². The molecule has 9 nitrogen and oxygen atoms in total. The molecule has 0 heterocycles. The lowest BCUT2D eigenvalue weighted by atomic mass is 10.1. The molecule has 2 aromatic carbocycles. The maximum Gasteiger partial charge on any atom is 0.267 e. The van der Waals surface area contributed by atoms with E-state index in [2.05, 4.69) is 27.8 Å². The summed E-state index contributed by atoms with van der Waals surface area (Å²) in [5.41, 5.74) is 9.43. The topological polar surface area (TPSA) is 146 Å². The van der Waals surface area contributed by atoms with E-state index < -0.39 is 17.9 Å². The van der Waals surface area contributed by atoms with Crippen molar-refractivity contribution in [1.29, 1.82) is 0 Å². The van der Waals surface area contributed by atoms with Crippen LogP contribution in [0.5, 0.6) is 0 Å². The first-order valence-electron chi connectivity index (χ1n) is 11.2. The van der Waals surface area contributed by atoms with Gasteiger partial charge in [-0.15, -0.1) is 0 Å². The Kier molecular flexibility index (Phi) is 9.17. The van der Waals surface area contributed by atoms with E-state index >= 15 is 0 Å². The Bertz CT molecular complexity index is 1050. The number of hydrogen-bond donors (Lipinski definition) is 6. The SMILES string of the molecule is NC[C@H](NC(=O)c1ccc(C#Cc2ccc(NC(=O)CNC3CCCC3)cc2)cc1)C(=O)NO. The summed E-state index contributed by atoms with van der Waals surface area (Å²) in [6.07, 6.45) is 4.72.